The molecule has 4 nitrogen and oxygen atoms in total. The van der Waals surface area contributed by atoms with Crippen LogP contribution >= 0.6 is 15.9 Å². The van der Waals surface area contributed by atoms with Gasteiger partial charge in [0.05, 0.1) is 5.69 Å². The molecule has 1 aliphatic rings. The molecule has 0 spiro atoms. The zero-order valence-corrected chi connectivity index (χ0v) is 15.5. The maximum atomic E-state index is 13.9. The maximum Gasteiger partial charge on any atom is 0.410 e. The first-order chi connectivity index (χ1) is 10.8. The molecule has 0 radical (unpaired) electrons. The summed E-state index contributed by atoms with van der Waals surface area (Å²) < 4.78 is 20.1. The first kappa shape index (κ1) is 18.0. The highest BCUT2D eigenvalue weighted by Crippen LogP contribution is 2.28. The van der Waals surface area contributed by atoms with Gasteiger partial charge in [0.2, 0.25) is 0 Å². The van der Waals surface area contributed by atoms with Gasteiger partial charge in [0, 0.05) is 23.6 Å². The highest BCUT2D eigenvalue weighted by Gasteiger charge is 2.25. The summed E-state index contributed by atoms with van der Waals surface area (Å²) in [6.45, 7) is 6.87. The summed E-state index contributed by atoms with van der Waals surface area (Å²) in [6.07, 6.45) is 2.24. The third kappa shape index (κ3) is 5.37. The summed E-state index contributed by atoms with van der Waals surface area (Å²) in [4.78, 5) is 13.9. The Labute approximate surface area is 145 Å². The third-order valence-electron chi connectivity index (χ3n) is 3.69. The number of para-hydroxylation sites is 1. The molecule has 1 aromatic rings. The highest BCUT2D eigenvalue weighted by molar-refractivity contribution is 9.10. The molecule has 1 fully saturated rings. The molecule has 0 aliphatic carbocycles. The normalized spacial score (nSPS) is 19.2. The van der Waals surface area contributed by atoms with Crippen LogP contribution in [0.15, 0.2) is 22.7 Å². The molecule has 1 N–H and O–H groups in total. The molecule has 0 saturated carbocycles. The molecule has 1 atom stereocenters. The van der Waals surface area contributed by atoms with E-state index in [4.69, 9.17) is 4.74 Å². The van der Waals surface area contributed by atoms with Crippen molar-refractivity contribution < 1.29 is 13.9 Å². The van der Waals surface area contributed by atoms with Gasteiger partial charge in [0.15, 0.2) is 0 Å². The van der Waals surface area contributed by atoms with Crippen LogP contribution in [0.4, 0.5) is 14.9 Å². The van der Waals surface area contributed by atoms with Gasteiger partial charge in [-0.2, -0.15) is 0 Å². The lowest BCUT2D eigenvalue weighted by Crippen LogP contribution is -2.37. The standard InChI is InChI=1S/C17H24BrFN2O2/c1-17(2,3)23-16(22)21-10-5-6-12(9-11-21)20-15-13(18)7-4-8-14(15)19/h4,7-8,12,20H,5-6,9-11H2,1-3H3. The number of carbonyl (C=O) groups excluding carboxylic acids is 1. The zero-order chi connectivity index (χ0) is 17.0. The van der Waals surface area contributed by atoms with Crippen LogP contribution in [0.25, 0.3) is 0 Å². The number of nitrogens with zero attached hydrogens (tertiary/aromatic N) is 1. The van der Waals surface area contributed by atoms with Crippen LogP contribution in [-0.4, -0.2) is 35.7 Å². The maximum absolute atomic E-state index is 13.9. The Morgan fingerprint density at radius 3 is 2.74 bits per heavy atom. The van der Waals surface area contributed by atoms with Gasteiger partial charge in [-0.3, -0.25) is 0 Å². The van der Waals surface area contributed by atoms with Crippen LogP contribution in [0.1, 0.15) is 40.0 Å². The monoisotopic (exact) mass is 386 g/mol. The van der Waals surface area contributed by atoms with E-state index in [0.717, 1.165) is 19.3 Å². The third-order valence-corrected chi connectivity index (χ3v) is 4.35. The van der Waals surface area contributed by atoms with E-state index < -0.39 is 5.60 Å². The number of likely N-dealkylation sites (tertiary alicyclic amines) is 1. The van der Waals surface area contributed by atoms with Gasteiger partial charge in [0.1, 0.15) is 11.4 Å². The predicted octanol–water partition coefficient (Wildman–Crippen LogP) is 4.79. The van der Waals surface area contributed by atoms with E-state index in [9.17, 15) is 9.18 Å². The molecule has 6 heteroatoms. The van der Waals surface area contributed by atoms with E-state index in [1.165, 1.54) is 6.07 Å². The largest absolute Gasteiger partial charge is 0.444 e. The molecule has 1 heterocycles. The molecular formula is C17H24BrFN2O2. The van der Waals surface area contributed by atoms with Crippen molar-refractivity contribution in [2.75, 3.05) is 18.4 Å². The second-order valence-corrected chi connectivity index (χ2v) is 7.69. The van der Waals surface area contributed by atoms with Crippen LogP contribution in [0.3, 0.4) is 0 Å². The van der Waals surface area contributed by atoms with Gasteiger partial charge in [-0.15, -0.1) is 0 Å². The van der Waals surface area contributed by atoms with Crippen LogP contribution in [0, 0.1) is 5.82 Å². The van der Waals surface area contributed by atoms with Gasteiger partial charge >= 0.3 is 6.09 Å². The minimum absolute atomic E-state index is 0.135. The van der Waals surface area contributed by atoms with Gasteiger partial charge in [-0.05, 0) is 68.1 Å². The molecule has 23 heavy (non-hydrogen) atoms. The Morgan fingerprint density at radius 2 is 2.09 bits per heavy atom. The molecule has 1 unspecified atom stereocenters. The lowest BCUT2D eigenvalue weighted by Gasteiger charge is -2.26. The van der Waals surface area contributed by atoms with E-state index in [1.54, 1.807) is 11.0 Å². The summed E-state index contributed by atoms with van der Waals surface area (Å²) >= 11 is 3.37. The Kier molecular flexibility index (Phi) is 5.89. The van der Waals surface area contributed by atoms with Crippen molar-refractivity contribution in [2.45, 2.75) is 51.7 Å². The number of rotatable bonds is 2. The molecule has 1 saturated heterocycles. The predicted molar refractivity (Wildman–Crippen MR) is 93.2 cm³/mol. The number of ether oxygens (including phenoxy) is 1. The Morgan fingerprint density at radius 1 is 1.35 bits per heavy atom. The number of hydrogen-bond donors (Lipinski definition) is 1. The summed E-state index contributed by atoms with van der Waals surface area (Å²) in [5.41, 5.74) is 0.00206. The summed E-state index contributed by atoms with van der Waals surface area (Å²) in [6, 6.07) is 5.06. The fourth-order valence-corrected chi connectivity index (χ4v) is 3.05. The molecular weight excluding hydrogens is 363 g/mol. The van der Waals surface area contributed by atoms with E-state index in [0.29, 0.717) is 23.2 Å². The van der Waals surface area contributed by atoms with Crippen molar-refractivity contribution in [2.24, 2.45) is 0 Å². The summed E-state index contributed by atoms with van der Waals surface area (Å²) in [5, 5.41) is 3.26. The van der Waals surface area contributed by atoms with Gasteiger partial charge in [0.25, 0.3) is 0 Å². The number of anilines is 1. The number of amides is 1. The minimum Gasteiger partial charge on any atom is -0.444 e. The molecule has 1 aliphatic heterocycles. The van der Waals surface area contributed by atoms with Crippen molar-refractivity contribution in [3.8, 4) is 0 Å². The number of nitrogens with one attached hydrogen (secondary N) is 1. The van der Waals surface area contributed by atoms with Crippen molar-refractivity contribution in [3.63, 3.8) is 0 Å². The highest BCUT2D eigenvalue weighted by atomic mass is 79.9. The van der Waals surface area contributed by atoms with Crippen molar-refractivity contribution in [1.82, 2.24) is 4.90 Å². The van der Waals surface area contributed by atoms with Crippen molar-refractivity contribution in [3.05, 3.63) is 28.5 Å². The van der Waals surface area contributed by atoms with Crippen LogP contribution < -0.4 is 5.32 Å². The average molecular weight is 387 g/mol. The van der Waals surface area contributed by atoms with Crippen molar-refractivity contribution in [1.29, 1.82) is 0 Å². The van der Waals surface area contributed by atoms with E-state index in [2.05, 4.69) is 21.2 Å². The van der Waals surface area contributed by atoms with Crippen molar-refractivity contribution >= 4 is 27.7 Å². The second-order valence-electron chi connectivity index (χ2n) is 6.84. The van der Waals surface area contributed by atoms with Crippen LogP contribution in [0.5, 0.6) is 0 Å². The summed E-state index contributed by atoms with van der Waals surface area (Å²) in [5.74, 6) is -0.271. The molecule has 1 aromatic carbocycles. The zero-order valence-electron chi connectivity index (χ0n) is 13.9. The van der Waals surface area contributed by atoms with E-state index in [1.807, 2.05) is 26.8 Å². The average Bonchev–Trinajstić information content (AvgIpc) is 2.67. The smallest absolute Gasteiger partial charge is 0.410 e. The van der Waals surface area contributed by atoms with E-state index >= 15 is 0 Å². The SMILES string of the molecule is CC(C)(C)OC(=O)N1CCCC(Nc2c(F)cccc2Br)CC1. The molecule has 128 valence electrons. The lowest BCUT2D eigenvalue weighted by atomic mass is 10.1. The topological polar surface area (TPSA) is 41.6 Å². The Bertz CT molecular complexity index is 540. The molecule has 1 amide bonds. The minimum atomic E-state index is -0.487. The lowest BCUT2D eigenvalue weighted by molar-refractivity contribution is 0.0256. The Balaban J connectivity index is 1.95. The molecule has 0 bridgehead atoms. The summed E-state index contributed by atoms with van der Waals surface area (Å²) in [7, 11) is 0. The van der Waals surface area contributed by atoms with E-state index in [-0.39, 0.29) is 18.0 Å². The van der Waals surface area contributed by atoms with Gasteiger partial charge in [-0.1, -0.05) is 6.07 Å². The van der Waals surface area contributed by atoms with Gasteiger partial charge < -0.3 is 15.0 Å². The number of carbonyl (C=O) groups is 1. The van der Waals surface area contributed by atoms with Crippen LogP contribution in [-0.2, 0) is 4.74 Å². The molecule has 2 rings (SSSR count). The first-order valence-corrected chi connectivity index (χ1v) is 8.74. The fourth-order valence-electron chi connectivity index (χ4n) is 2.59. The number of hydrogen-bond acceptors (Lipinski definition) is 3. The van der Waals surface area contributed by atoms with Gasteiger partial charge in [-0.25, -0.2) is 9.18 Å². The first-order valence-electron chi connectivity index (χ1n) is 7.95. The molecule has 0 aromatic heterocycles. The fraction of sp³-hybridized carbons (Fsp3) is 0.588. The number of benzene rings is 1. The quantitative estimate of drug-likeness (QED) is 0.794. The Hall–Kier alpha value is -1.30. The van der Waals surface area contributed by atoms with Crippen LogP contribution in [0.2, 0.25) is 0 Å². The number of halogens is 2. The second kappa shape index (κ2) is 7.51.